The van der Waals surface area contributed by atoms with Gasteiger partial charge in [0.15, 0.2) is 0 Å². The molecule has 2 atom stereocenters. The van der Waals surface area contributed by atoms with E-state index in [0.29, 0.717) is 18.0 Å². The fourth-order valence-corrected chi connectivity index (χ4v) is 2.30. The number of nitrogens with one attached hydrogen (secondary N) is 1. The molecular formula is C11H21N3O. The summed E-state index contributed by atoms with van der Waals surface area (Å²) in [6.07, 6.45) is 0. The summed E-state index contributed by atoms with van der Waals surface area (Å²) < 4.78 is 0. The Kier molecular flexibility index (Phi) is 2.98. The van der Waals surface area contributed by atoms with Crippen molar-refractivity contribution in [1.29, 1.82) is 0 Å². The predicted octanol–water partition coefficient (Wildman–Crippen LogP) is -0.243. The van der Waals surface area contributed by atoms with E-state index in [2.05, 4.69) is 36.0 Å². The van der Waals surface area contributed by atoms with Gasteiger partial charge < -0.3 is 10.2 Å². The summed E-state index contributed by atoms with van der Waals surface area (Å²) in [4.78, 5) is 16.5. The van der Waals surface area contributed by atoms with E-state index in [-0.39, 0.29) is 5.92 Å². The molecule has 0 aromatic heterocycles. The van der Waals surface area contributed by atoms with Gasteiger partial charge in [-0.3, -0.25) is 9.69 Å². The van der Waals surface area contributed by atoms with E-state index in [0.717, 1.165) is 26.2 Å². The quantitative estimate of drug-likeness (QED) is 0.650. The van der Waals surface area contributed by atoms with Gasteiger partial charge in [-0.1, -0.05) is 0 Å². The Bertz CT molecular complexity index is 252. The Morgan fingerprint density at radius 2 is 1.87 bits per heavy atom. The van der Waals surface area contributed by atoms with Crippen molar-refractivity contribution < 1.29 is 4.79 Å². The Morgan fingerprint density at radius 3 is 2.40 bits per heavy atom. The summed E-state index contributed by atoms with van der Waals surface area (Å²) >= 11 is 0. The summed E-state index contributed by atoms with van der Waals surface area (Å²) in [7, 11) is 2.13. The molecule has 0 aromatic rings. The van der Waals surface area contributed by atoms with Crippen molar-refractivity contribution in [3.63, 3.8) is 0 Å². The first-order chi connectivity index (χ1) is 7.09. The highest BCUT2D eigenvalue weighted by molar-refractivity contribution is 5.80. The van der Waals surface area contributed by atoms with Gasteiger partial charge >= 0.3 is 0 Å². The molecular weight excluding hydrogens is 190 g/mol. The topological polar surface area (TPSA) is 35.6 Å². The Labute approximate surface area is 91.6 Å². The predicted molar refractivity (Wildman–Crippen MR) is 59.6 cm³/mol. The summed E-state index contributed by atoms with van der Waals surface area (Å²) in [5.41, 5.74) is 0. The molecule has 0 spiro atoms. The molecule has 2 saturated heterocycles. The standard InChI is InChI=1S/C11H21N3O/c1-8-7-14(9(2)6-13(8)3)11(15)10-4-12-5-10/h8-10,12H,4-7H2,1-3H3. The number of likely N-dealkylation sites (N-methyl/N-ethyl adjacent to an activating group) is 1. The van der Waals surface area contributed by atoms with Crippen molar-refractivity contribution in [2.45, 2.75) is 25.9 Å². The second kappa shape index (κ2) is 4.10. The van der Waals surface area contributed by atoms with Crippen molar-refractivity contribution in [3.8, 4) is 0 Å². The average Bonchev–Trinajstić information content (AvgIpc) is 2.08. The second-order valence-electron chi connectivity index (χ2n) is 4.98. The van der Waals surface area contributed by atoms with Gasteiger partial charge in [-0.05, 0) is 20.9 Å². The van der Waals surface area contributed by atoms with E-state index in [1.807, 2.05) is 0 Å². The molecule has 2 fully saturated rings. The third kappa shape index (κ3) is 2.01. The van der Waals surface area contributed by atoms with Crippen LogP contribution < -0.4 is 5.32 Å². The first kappa shape index (κ1) is 10.9. The number of piperazine rings is 1. The zero-order valence-corrected chi connectivity index (χ0v) is 9.86. The maximum Gasteiger partial charge on any atom is 0.228 e. The molecule has 2 unspecified atom stereocenters. The summed E-state index contributed by atoms with van der Waals surface area (Å²) in [6.45, 7) is 7.94. The lowest BCUT2D eigenvalue weighted by molar-refractivity contribution is -0.142. The van der Waals surface area contributed by atoms with Crippen molar-refractivity contribution in [2.75, 3.05) is 33.2 Å². The number of rotatable bonds is 1. The Morgan fingerprint density at radius 1 is 1.20 bits per heavy atom. The molecule has 0 radical (unpaired) electrons. The number of carbonyl (C=O) groups excluding carboxylic acids is 1. The van der Waals surface area contributed by atoms with E-state index in [4.69, 9.17) is 0 Å². The molecule has 15 heavy (non-hydrogen) atoms. The highest BCUT2D eigenvalue weighted by Crippen LogP contribution is 2.17. The molecule has 4 nitrogen and oxygen atoms in total. The van der Waals surface area contributed by atoms with Crippen LogP contribution in [0.1, 0.15) is 13.8 Å². The van der Waals surface area contributed by atoms with Crippen LogP contribution in [-0.4, -0.2) is 61.0 Å². The first-order valence-electron chi connectivity index (χ1n) is 5.81. The van der Waals surface area contributed by atoms with Crippen molar-refractivity contribution >= 4 is 5.91 Å². The van der Waals surface area contributed by atoms with Crippen LogP contribution >= 0.6 is 0 Å². The number of hydrogen-bond acceptors (Lipinski definition) is 3. The van der Waals surface area contributed by atoms with Crippen molar-refractivity contribution in [1.82, 2.24) is 15.1 Å². The highest BCUT2D eigenvalue weighted by Gasteiger charge is 2.35. The van der Waals surface area contributed by atoms with Gasteiger partial charge in [-0.2, -0.15) is 0 Å². The van der Waals surface area contributed by atoms with Crippen LogP contribution in [0.5, 0.6) is 0 Å². The maximum atomic E-state index is 12.1. The van der Waals surface area contributed by atoms with Crippen molar-refractivity contribution in [2.24, 2.45) is 5.92 Å². The first-order valence-corrected chi connectivity index (χ1v) is 5.81. The van der Waals surface area contributed by atoms with E-state index in [9.17, 15) is 4.79 Å². The fourth-order valence-electron chi connectivity index (χ4n) is 2.30. The van der Waals surface area contributed by atoms with Crippen LogP contribution in [0, 0.1) is 5.92 Å². The molecule has 2 aliphatic rings. The normalized spacial score (nSPS) is 33.9. The fraction of sp³-hybridized carbons (Fsp3) is 0.909. The van der Waals surface area contributed by atoms with Crippen LogP contribution in [-0.2, 0) is 4.79 Å². The number of amides is 1. The van der Waals surface area contributed by atoms with E-state index >= 15 is 0 Å². The van der Waals surface area contributed by atoms with Gasteiger partial charge in [-0.15, -0.1) is 0 Å². The van der Waals surface area contributed by atoms with Gasteiger partial charge in [0.05, 0.1) is 5.92 Å². The van der Waals surface area contributed by atoms with Crippen molar-refractivity contribution in [3.05, 3.63) is 0 Å². The number of hydrogen-bond donors (Lipinski definition) is 1. The molecule has 2 rings (SSSR count). The van der Waals surface area contributed by atoms with Crippen LogP contribution in [0.4, 0.5) is 0 Å². The minimum absolute atomic E-state index is 0.239. The number of carbonyl (C=O) groups is 1. The molecule has 2 aliphatic heterocycles. The van der Waals surface area contributed by atoms with Crippen LogP contribution in [0.3, 0.4) is 0 Å². The molecule has 0 aliphatic carbocycles. The molecule has 0 bridgehead atoms. The highest BCUT2D eigenvalue weighted by atomic mass is 16.2. The average molecular weight is 211 g/mol. The van der Waals surface area contributed by atoms with Gasteiger partial charge in [0.25, 0.3) is 0 Å². The number of nitrogens with zero attached hydrogens (tertiary/aromatic N) is 2. The van der Waals surface area contributed by atoms with Crippen LogP contribution in [0.2, 0.25) is 0 Å². The van der Waals surface area contributed by atoms with Gasteiger partial charge in [0, 0.05) is 38.3 Å². The SMILES string of the molecule is CC1CN(C(=O)C2CNC2)C(C)CN1C. The lowest BCUT2D eigenvalue weighted by Gasteiger charge is -2.44. The third-order valence-corrected chi connectivity index (χ3v) is 3.71. The molecule has 0 saturated carbocycles. The smallest absolute Gasteiger partial charge is 0.228 e. The van der Waals surface area contributed by atoms with E-state index < -0.39 is 0 Å². The zero-order chi connectivity index (χ0) is 11.0. The molecule has 2 heterocycles. The lowest BCUT2D eigenvalue weighted by Crippen LogP contribution is -2.61. The third-order valence-electron chi connectivity index (χ3n) is 3.71. The summed E-state index contributed by atoms with van der Waals surface area (Å²) in [5, 5.41) is 3.16. The van der Waals surface area contributed by atoms with Crippen LogP contribution in [0.15, 0.2) is 0 Å². The monoisotopic (exact) mass is 211 g/mol. The molecule has 1 amide bonds. The van der Waals surface area contributed by atoms with Gasteiger partial charge in [-0.25, -0.2) is 0 Å². The summed E-state index contributed by atoms with van der Waals surface area (Å²) in [5.74, 6) is 0.587. The molecule has 1 N–H and O–H groups in total. The molecule has 4 heteroatoms. The maximum absolute atomic E-state index is 12.1. The summed E-state index contributed by atoms with van der Waals surface area (Å²) in [6, 6.07) is 0.845. The molecule has 86 valence electrons. The second-order valence-corrected chi connectivity index (χ2v) is 4.98. The van der Waals surface area contributed by atoms with Gasteiger partial charge in [0.2, 0.25) is 5.91 Å². The zero-order valence-electron chi connectivity index (χ0n) is 9.86. The van der Waals surface area contributed by atoms with E-state index in [1.165, 1.54) is 0 Å². The lowest BCUT2D eigenvalue weighted by atomic mass is 9.99. The minimum Gasteiger partial charge on any atom is -0.337 e. The van der Waals surface area contributed by atoms with Crippen LogP contribution in [0.25, 0.3) is 0 Å². The largest absolute Gasteiger partial charge is 0.337 e. The Balaban J connectivity index is 1.98. The minimum atomic E-state index is 0.239. The Hall–Kier alpha value is -0.610. The van der Waals surface area contributed by atoms with Gasteiger partial charge in [0.1, 0.15) is 0 Å². The molecule has 0 aromatic carbocycles. The van der Waals surface area contributed by atoms with E-state index in [1.54, 1.807) is 0 Å².